The van der Waals surface area contributed by atoms with E-state index in [0.29, 0.717) is 25.5 Å². The molecule has 1 saturated heterocycles. The molecule has 0 bridgehead atoms. The SMILES string of the molecule is O=C(C=Cc1ccco1)C1=C(O)C(=O)N(CCN2CCOCC2)C1c1ccccc1F. The quantitative estimate of drug-likeness (QED) is 0.686. The third kappa shape index (κ3) is 4.45. The van der Waals surface area contributed by atoms with Gasteiger partial charge in [0.25, 0.3) is 5.91 Å². The molecule has 31 heavy (non-hydrogen) atoms. The number of aliphatic hydroxyl groups is 1. The fraction of sp³-hybridized carbons (Fsp3) is 0.304. The molecule has 1 aromatic carbocycles. The van der Waals surface area contributed by atoms with Gasteiger partial charge in [0.1, 0.15) is 11.6 Å². The van der Waals surface area contributed by atoms with Crippen LogP contribution in [0.2, 0.25) is 0 Å². The number of carbonyl (C=O) groups is 2. The lowest BCUT2D eigenvalue weighted by atomic mass is 9.95. The second kappa shape index (κ2) is 9.28. The van der Waals surface area contributed by atoms with Crippen LogP contribution in [-0.2, 0) is 14.3 Å². The van der Waals surface area contributed by atoms with E-state index in [1.165, 1.54) is 41.5 Å². The number of amides is 1. The second-order valence-corrected chi connectivity index (χ2v) is 7.35. The van der Waals surface area contributed by atoms with Gasteiger partial charge in [0.2, 0.25) is 0 Å². The van der Waals surface area contributed by atoms with E-state index >= 15 is 0 Å². The lowest BCUT2D eigenvalue weighted by Crippen LogP contribution is -2.43. The van der Waals surface area contributed by atoms with E-state index in [-0.39, 0.29) is 17.7 Å². The Morgan fingerprint density at radius 3 is 2.65 bits per heavy atom. The molecule has 0 radical (unpaired) electrons. The summed E-state index contributed by atoms with van der Waals surface area (Å²) in [5, 5.41) is 10.6. The second-order valence-electron chi connectivity index (χ2n) is 7.35. The molecular formula is C23H23FN2O5. The number of nitrogens with zero attached hydrogens (tertiary/aromatic N) is 2. The van der Waals surface area contributed by atoms with Crippen LogP contribution in [0.1, 0.15) is 17.4 Å². The predicted molar refractivity (Wildman–Crippen MR) is 111 cm³/mol. The van der Waals surface area contributed by atoms with Gasteiger partial charge < -0.3 is 19.2 Å². The summed E-state index contributed by atoms with van der Waals surface area (Å²) in [7, 11) is 0. The van der Waals surface area contributed by atoms with E-state index in [1.54, 1.807) is 18.2 Å². The first-order valence-electron chi connectivity index (χ1n) is 10.1. The average Bonchev–Trinajstić information content (AvgIpc) is 3.39. The molecule has 2 aliphatic heterocycles. The standard InChI is InChI=1S/C23H23FN2O5/c24-18-6-2-1-5-17(18)21-20(19(27)8-7-16-4-3-13-31-16)22(28)23(29)26(21)10-9-25-11-14-30-15-12-25/h1-8,13,21,28H,9-12,14-15H2. The van der Waals surface area contributed by atoms with Gasteiger partial charge in [-0.2, -0.15) is 0 Å². The normalized spacial score (nSPS) is 20.2. The van der Waals surface area contributed by atoms with E-state index in [0.717, 1.165) is 13.1 Å². The highest BCUT2D eigenvalue weighted by Gasteiger charge is 2.43. The van der Waals surface area contributed by atoms with Crippen molar-refractivity contribution in [2.24, 2.45) is 0 Å². The Labute approximate surface area is 179 Å². The van der Waals surface area contributed by atoms with Crippen LogP contribution in [0.25, 0.3) is 6.08 Å². The molecule has 0 aliphatic carbocycles. The molecule has 7 nitrogen and oxygen atoms in total. The number of benzene rings is 1. The molecule has 1 fully saturated rings. The first-order chi connectivity index (χ1) is 15.1. The molecule has 1 atom stereocenters. The van der Waals surface area contributed by atoms with Gasteiger partial charge in [-0.3, -0.25) is 14.5 Å². The van der Waals surface area contributed by atoms with Crippen LogP contribution in [0.5, 0.6) is 0 Å². The predicted octanol–water partition coefficient (Wildman–Crippen LogP) is 2.73. The highest BCUT2D eigenvalue weighted by atomic mass is 19.1. The maximum atomic E-state index is 14.7. The van der Waals surface area contributed by atoms with Gasteiger partial charge in [0.15, 0.2) is 11.5 Å². The highest BCUT2D eigenvalue weighted by Crippen LogP contribution is 2.38. The third-order valence-electron chi connectivity index (χ3n) is 5.47. The number of morpholine rings is 1. The Balaban J connectivity index is 1.63. The van der Waals surface area contributed by atoms with Crippen molar-refractivity contribution in [1.29, 1.82) is 0 Å². The zero-order valence-corrected chi connectivity index (χ0v) is 16.9. The number of ether oxygens (including phenoxy) is 1. The van der Waals surface area contributed by atoms with Crippen LogP contribution in [-0.4, -0.2) is 66.0 Å². The van der Waals surface area contributed by atoms with Crippen LogP contribution < -0.4 is 0 Å². The van der Waals surface area contributed by atoms with Crippen molar-refractivity contribution in [2.45, 2.75) is 6.04 Å². The fourth-order valence-corrected chi connectivity index (χ4v) is 3.86. The number of ketones is 1. The maximum Gasteiger partial charge on any atom is 0.290 e. The van der Waals surface area contributed by atoms with Crippen LogP contribution in [0.4, 0.5) is 4.39 Å². The minimum atomic E-state index is -1.01. The molecule has 2 aliphatic rings. The van der Waals surface area contributed by atoms with E-state index in [2.05, 4.69) is 4.90 Å². The Morgan fingerprint density at radius 1 is 1.16 bits per heavy atom. The highest BCUT2D eigenvalue weighted by molar-refractivity contribution is 6.14. The molecule has 0 saturated carbocycles. The number of carbonyl (C=O) groups excluding carboxylic acids is 2. The molecule has 0 spiro atoms. The van der Waals surface area contributed by atoms with Crippen molar-refractivity contribution in [3.8, 4) is 0 Å². The zero-order valence-electron chi connectivity index (χ0n) is 16.9. The number of rotatable bonds is 7. The summed E-state index contributed by atoms with van der Waals surface area (Å²) in [6.07, 6.45) is 4.13. The molecule has 8 heteroatoms. The molecule has 1 unspecified atom stereocenters. The van der Waals surface area contributed by atoms with Gasteiger partial charge in [-0.1, -0.05) is 18.2 Å². The van der Waals surface area contributed by atoms with Crippen molar-refractivity contribution in [3.63, 3.8) is 0 Å². The fourth-order valence-electron chi connectivity index (χ4n) is 3.86. The number of furan rings is 1. The van der Waals surface area contributed by atoms with E-state index < -0.39 is 29.3 Å². The van der Waals surface area contributed by atoms with Gasteiger partial charge >= 0.3 is 0 Å². The Bertz CT molecular complexity index is 1010. The lowest BCUT2D eigenvalue weighted by Gasteiger charge is -2.31. The molecule has 1 amide bonds. The first-order valence-corrected chi connectivity index (χ1v) is 10.1. The van der Waals surface area contributed by atoms with Gasteiger partial charge in [0, 0.05) is 31.7 Å². The third-order valence-corrected chi connectivity index (χ3v) is 5.47. The van der Waals surface area contributed by atoms with Crippen LogP contribution in [0.15, 0.2) is 64.5 Å². The topological polar surface area (TPSA) is 83.2 Å². The van der Waals surface area contributed by atoms with Crippen LogP contribution in [0, 0.1) is 5.82 Å². The van der Waals surface area contributed by atoms with Crippen molar-refractivity contribution in [2.75, 3.05) is 39.4 Å². The van der Waals surface area contributed by atoms with Crippen molar-refractivity contribution in [1.82, 2.24) is 9.80 Å². The van der Waals surface area contributed by atoms with Crippen molar-refractivity contribution in [3.05, 3.63) is 77.2 Å². The molecule has 2 aromatic rings. The van der Waals surface area contributed by atoms with E-state index in [4.69, 9.17) is 9.15 Å². The maximum absolute atomic E-state index is 14.7. The van der Waals surface area contributed by atoms with E-state index in [1.807, 2.05) is 0 Å². The number of hydrogen-bond acceptors (Lipinski definition) is 6. The smallest absolute Gasteiger partial charge is 0.290 e. The van der Waals surface area contributed by atoms with Crippen molar-refractivity contribution >= 4 is 17.8 Å². The minimum absolute atomic E-state index is 0.139. The largest absolute Gasteiger partial charge is 0.503 e. The number of hydrogen-bond donors (Lipinski definition) is 1. The summed E-state index contributed by atoms with van der Waals surface area (Å²) < 4.78 is 25.2. The van der Waals surface area contributed by atoms with Crippen molar-refractivity contribution < 1.29 is 28.2 Å². The summed E-state index contributed by atoms with van der Waals surface area (Å²) in [4.78, 5) is 29.3. The summed E-state index contributed by atoms with van der Waals surface area (Å²) in [5.74, 6) is -2.01. The summed E-state index contributed by atoms with van der Waals surface area (Å²) in [6, 6.07) is 8.31. The monoisotopic (exact) mass is 426 g/mol. The summed E-state index contributed by atoms with van der Waals surface area (Å²) in [6.45, 7) is 3.43. The number of allylic oxidation sites excluding steroid dienone is 1. The Kier molecular flexibility index (Phi) is 6.29. The lowest BCUT2D eigenvalue weighted by molar-refractivity contribution is -0.129. The van der Waals surface area contributed by atoms with Gasteiger partial charge in [0.05, 0.1) is 31.1 Å². The number of aliphatic hydroxyl groups excluding tert-OH is 1. The molecule has 162 valence electrons. The Morgan fingerprint density at radius 2 is 1.94 bits per heavy atom. The molecular weight excluding hydrogens is 403 g/mol. The van der Waals surface area contributed by atoms with Gasteiger partial charge in [-0.15, -0.1) is 0 Å². The first kappa shape index (κ1) is 21.0. The van der Waals surface area contributed by atoms with Gasteiger partial charge in [-0.25, -0.2) is 4.39 Å². The van der Waals surface area contributed by atoms with Gasteiger partial charge in [-0.05, 0) is 30.4 Å². The average molecular weight is 426 g/mol. The molecule has 4 rings (SSSR count). The van der Waals surface area contributed by atoms with Crippen LogP contribution in [0.3, 0.4) is 0 Å². The molecule has 3 heterocycles. The van der Waals surface area contributed by atoms with E-state index in [9.17, 15) is 19.1 Å². The summed E-state index contributed by atoms with van der Waals surface area (Å²) in [5.41, 5.74) is 0.0245. The zero-order chi connectivity index (χ0) is 21.8. The molecule has 1 aromatic heterocycles. The summed E-state index contributed by atoms with van der Waals surface area (Å²) >= 11 is 0. The number of halogens is 1. The van der Waals surface area contributed by atoms with Crippen LogP contribution >= 0.6 is 0 Å². The molecule has 1 N–H and O–H groups in total. The Hall–Kier alpha value is -3.23. The minimum Gasteiger partial charge on any atom is -0.503 e.